The number of amides is 1. The van der Waals surface area contributed by atoms with E-state index in [1.165, 1.54) is 21.8 Å². The van der Waals surface area contributed by atoms with Crippen LogP contribution >= 0.6 is 0 Å². The van der Waals surface area contributed by atoms with E-state index in [1.807, 2.05) is 19.2 Å². The van der Waals surface area contributed by atoms with Gasteiger partial charge in [0.1, 0.15) is 18.3 Å². The van der Waals surface area contributed by atoms with E-state index in [9.17, 15) is 9.59 Å². The number of nitrogens with one attached hydrogen (secondary N) is 1. The summed E-state index contributed by atoms with van der Waals surface area (Å²) in [5.41, 5.74) is 0.219. The van der Waals surface area contributed by atoms with E-state index in [-0.39, 0.29) is 24.1 Å². The Kier molecular flexibility index (Phi) is 3.92. The number of aryl methyl sites for hydroxylation is 1. The number of carbonyl (C=O) groups excluding carboxylic acids is 1. The minimum absolute atomic E-state index is 0.0832. The van der Waals surface area contributed by atoms with Crippen LogP contribution in [0.3, 0.4) is 0 Å². The quantitative estimate of drug-likeness (QED) is 0.686. The summed E-state index contributed by atoms with van der Waals surface area (Å²) in [6.07, 6.45) is 6.33. The van der Waals surface area contributed by atoms with Crippen molar-refractivity contribution in [1.82, 2.24) is 34.4 Å². The number of fused-ring (bicyclic) bond motifs is 1. The molecule has 120 valence electrons. The summed E-state index contributed by atoms with van der Waals surface area (Å²) < 4.78 is 4.54. The summed E-state index contributed by atoms with van der Waals surface area (Å²) in [6, 6.07) is 1.72. The standard InChI is InChI=1S/C14H17N7O2/c1-10(7-21-5-3-4-16-21)18-12(22)8-20-9-15-13-11(14(20)23)6-17-19(13)2/h3-6,9-10H,7-8H2,1-2H3,(H,18,22)/t10-/m1/s1. The van der Waals surface area contributed by atoms with Crippen molar-refractivity contribution in [2.24, 2.45) is 7.05 Å². The van der Waals surface area contributed by atoms with E-state index in [2.05, 4.69) is 20.5 Å². The number of hydrogen-bond acceptors (Lipinski definition) is 5. The molecule has 0 fully saturated rings. The second-order valence-corrected chi connectivity index (χ2v) is 5.38. The first-order valence-corrected chi connectivity index (χ1v) is 7.18. The average Bonchev–Trinajstić information content (AvgIpc) is 3.12. The van der Waals surface area contributed by atoms with Crippen LogP contribution in [0.5, 0.6) is 0 Å². The van der Waals surface area contributed by atoms with Crippen molar-refractivity contribution in [2.45, 2.75) is 26.1 Å². The Morgan fingerprint density at radius 3 is 2.96 bits per heavy atom. The fourth-order valence-corrected chi connectivity index (χ4v) is 2.39. The fourth-order valence-electron chi connectivity index (χ4n) is 2.39. The highest BCUT2D eigenvalue weighted by molar-refractivity contribution is 5.77. The van der Waals surface area contributed by atoms with Gasteiger partial charge in [-0.05, 0) is 13.0 Å². The van der Waals surface area contributed by atoms with Gasteiger partial charge in [0.05, 0.1) is 12.7 Å². The molecule has 0 bridgehead atoms. The first-order chi connectivity index (χ1) is 11.0. The molecule has 1 atom stereocenters. The van der Waals surface area contributed by atoms with Gasteiger partial charge in [-0.2, -0.15) is 10.2 Å². The molecule has 0 saturated carbocycles. The van der Waals surface area contributed by atoms with Crippen molar-refractivity contribution in [3.05, 3.63) is 41.3 Å². The molecule has 3 heterocycles. The van der Waals surface area contributed by atoms with Crippen LogP contribution in [0.1, 0.15) is 6.92 Å². The predicted octanol–water partition coefficient (Wildman–Crippen LogP) is -0.469. The normalized spacial score (nSPS) is 12.4. The summed E-state index contributed by atoms with van der Waals surface area (Å²) in [6.45, 7) is 2.36. The molecule has 0 radical (unpaired) electrons. The molecule has 0 aliphatic carbocycles. The minimum Gasteiger partial charge on any atom is -0.350 e. The molecule has 0 aliphatic rings. The summed E-state index contributed by atoms with van der Waals surface area (Å²) in [5.74, 6) is -0.253. The molecular weight excluding hydrogens is 298 g/mol. The Bertz CT molecular complexity index is 878. The SMILES string of the molecule is C[C@H](Cn1cccn1)NC(=O)Cn1cnc2c(cnn2C)c1=O. The van der Waals surface area contributed by atoms with Gasteiger partial charge in [0.25, 0.3) is 5.56 Å². The van der Waals surface area contributed by atoms with E-state index < -0.39 is 0 Å². The third-order valence-corrected chi connectivity index (χ3v) is 3.46. The van der Waals surface area contributed by atoms with Crippen LogP contribution in [0.4, 0.5) is 0 Å². The zero-order chi connectivity index (χ0) is 16.4. The highest BCUT2D eigenvalue weighted by Gasteiger charge is 2.12. The monoisotopic (exact) mass is 315 g/mol. The maximum absolute atomic E-state index is 12.3. The highest BCUT2D eigenvalue weighted by atomic mass is 16.2. The molecule has 3 aromatic heterocycles. The lowest BCUT2D eigenvalue weighted by molar-refractivity contribution is -0.122. The van der Waals surface area contributed by atoms with Gasteiger partial charge in [0.2, 0.25) is 5.91 Å². The van der Waals surface area contributed by atoms with Gasteiger partial charge in [-0.15, -0.1) is 0 Å². The van der Waals surface area contributed by atoms with Crippen LogP contribution < -0.4 is 10.9 Å². The topological polar surface area (TPSA) is 99.6 Å². The zero-order valence-corrected chi connectivity index (χ0v) is 12.9. The van der Waals surface area contributed by atoms with E-state index in [4.69, 9.17) is 0 Å². The van der Waals surface area contributed by atoms with Gasteiger partial charge in [-0.1, -0.05) is 0 Å². The maximum atomic E-state index is 12.3. The van der Waals surface area contributed by atoms with Crippen molar-refractivity contribution >= 4 is 16.9 Å². The molecule has 9 nitrogen and oxygen atoms in total. The summed E-state index contributed by atoms with van der Waals surface area (Å²) in [5, 5.41) is 11.3. The highest BCUT2D eigenvalue weighted by Crippen LogP contribution is 2.02. The molecule has 9 heteroatoms. The van der Waals surface area contributed by atoms with Crippen LogP contribution in [0, 0.1) is 0 Å². The van der Waals surface area contributed by atoms with Crippen molar-refractivity contribution in [1.29, 1.82) is 0 Å². The number of nitrogens with zero attached hydrogens (tertiary/aromatic N) is 6. The average molecular weight is 315 g/mol. The molecule has 0 aliphatic heterocycles. The molecule has 3 rings (SSSR count). The first-order valence-electron chi connectivity index (χ1n) is 7.18. The molecule has 0 aromatic carbocycles. The largest absolute Gasteiger partial charge is 0.350 e. The number of aromatic nitrogens is 6. The molecule has 3 aromatic rings. The first kappa shape index (κ1) is 14.9. The summed E-state index contributed by atoms with van der Waals surface area (Å²) >= 11 is 0. The second-order valence-electron chi connectivity index (χ2n) is 5.38. The van der Waals surface area contributed by atoms with Crippen molar-refractivity contribution in [2.75, 3.05) is 0 Å². The summed E-state index contributed by atoms with van der Waals surface area (Å²) in [4.78, 5) is 28.6. The van der Waals surface area contributed by atoms with Gasteiger partial charge in [0.15, 0.2) is 5.65 Å². The zero-order valence-electron chi connectivity index (χ0n) is 12.9. The van der Waals surface area contributed by atoms with E-state index in [0.717, 1.165) is 0 Å². The van der Waals surface area contributed by atoms with Gasteiger partial charge in [-0.25, -0.2) is 4.98 Å². The van der Waals surface area contributed by atoms with E-state index in [1.54, 1.807) is 17.9 Å². The lowest BCUT2D eigenvalue weighted by atomic mass is 10.3. The molecule has 1 N–H and O–H groups in total. The number of carbonyl (C=O) groups is 1. The second kappa shape index (κ2) is 6.03. The predicted molar refractivity (Wildman–Crippen MR) is 82.6 cm³/mol. The minimum atomic E-state index is -0.280. The van der Waals surface area contributed by atoms with Crippen LogP contribution in [0.2, 0.25) is 0 Å². The van der Waals surface area contributed by atoms with Gasteiger partial charge in [-0.3, -0.25) is 23.5 Å². The van der Waals surface area contributed by atoms with Gasteiger partial charge >= 0.3 is 0 Å². The molecule has 1 amide bonds. The third kappa shape index (κ3) is 3.12. The van der Waals surface area contributed by atoms with Gasteiger partial charge < -0.3 is 5.32 Å². The Hall–Kier alpha value is -2.97. The molecule has 23 heavy (non-hydrogen) atoms. The molecule has 0 spiro atoms. The molecule has 0 unspecified atom stereocenters. The van der Waals surface area contributed by atoms with Crippen LogP contribution in [0.15, 0.2) is 35.8 Å². The van der Waals surface area contributed by atoms with E-state index >= 15 is 0 Å². The third-order valence-electron chi connectivity index (χ3n) is 3.46. The van der Waals surface area contributed by atoms with Crippen LogP contribution in [0.25, 0.3) is 11.0 Å². The maximum Gasteiger partial charge on any atom is 0.264 e. The summed E-state index contributed by atoms with van der Waals surface area (Å²) in [7, 11) is 1.71. The number of rotatable bonds is 5. The Balaban J connectivity index is 1.68. The van der Waals surface area contributed by atoms with Crippen LogP contribution in [-0.4, -0.2) is 41.1 Å². The van der Waals surface area contributed by atoms with Crippen molar-refractivity contribution in [3.63, 3.8) is 0 Å². The Morgan fingerprint density at radius 1 is 1.39 bits per heavy atom. The Labute approximate surface area is 131 Å². The van der Waals surface area contributed by atoms with Crippen molar-refractivity contribution < 1.29 is 4.79 Å². The van der Waals surface area contributed by atoms with Crippen molar-refractivity contribution in [3.8, 4) is 0 Å². The Morgan fingerprint density at radius 2 is 2.22 bits per heavy atom. The fraction of sp³-hybridized carbons (Fsp3) is 0.357. The van der Waals surface area contributed by atoms with E-state index in [0.29, 0.717) is 17.6 Å². The lowest BCUT2D eigenvalue weighted by Gasteiger charge is -2.14. The van der Waals surface area contributed by atoms with Gasteiger partial charge in [0, 0.05) is 25.5 Å². The molecular formula is C14H17N7O2. The van der Waals surface area contributed by atoms with Crippen LogP contribution in [-0.2, 0) is 24.9 Å². The lowest BCUT2D eigenvalue weighted by Crippen LogP contribution is -2.39. The molecule has 0 saturated heterocycles. The number of hydrogen-bond donors (Lipinski definition) is 1. The smallest absolute Gasteiger partial charge is 0.264 e.